The van der Waals surface area contributed by atoms with Gasteiger partial charge in [0, 0.05) is 11.4 Å². The maximum Gasteiger partial charge on any atom is 0.308 e. The highest BCUT2D eigenvalue weighted by molar-refractivity contribution is 7.14. The van der Waals surface area contributed by atoms with Crippen LogP contribution in [-0.2, 0) is 17.6 Å². The molecule has 0 radical (unpaired) electrons. The normalized spacial score (nSPS) is 19.1. The molecule has 0 saturated heterocycles. The second kappa shape index (κ2) is 6.60. The minimum absolute atomic E-state index is 0.000177. The Labute approximate surface area is 129 Å². The van der Waals surface area contributed by atoms with Gasteiger partial charge in [-0.2, -0.15) is 0 Å². The number of carboxylic acids is 1. The van der Waals surface area contributed by atoms with E-state index in [2.05, 4.69) is 12.2 Å². The molecule has 0 fully saturated rings. The van der Waals surface area contributed by atoms with Gasteiger partial charge in [0.05, 0.1) is 10.8 Å². The summed E-state index contributed by atoms with van der Waals surface area (Å²) in [5.41, 5.74) is 1.29. The number of carbonyl (C=O) groups excluding carboxylic acids is 1. The van der Waals surface area contributed by atoms with Crippen LogP contribution in [0.4, 0.5) is 0 Å². The Balaban J connectivity index is 1.99. The minimum atomic E-state index is -0.857. The van der Waals surface area contributed by atoms with E-state index < -0.39 is 11.9 Å². The lowest BCUT2D eigenvalue weighted by molar-refractivity contribution is -0.142. The van der Waals surface area contributed by atoms with E-state index >= 15 is 0 Å². The fraction of sp³-hybridized carbons (Fsp3) is 0.625. The molecule has 1 aliphatic carbocycles. The molecule has 5 heteroatoms. The van der Waals surface area contributed by atoms with Gasteiger partial charge in [-0.05, 0) is 42.7 Å². The van der Waals surface area contributed by atoms with Gasteiger partial charge in [0.1, 0.15) is 0 Å². The zero-order valence-electron chi connectivity index (χ0n) is 12.8. The largest absolute Gasteiger partial charge is 0.481 e. The molecule has 0 saturated carbocycles. The summed E-state index contributed by atoms with van der Waals surface area (Å²) in [7, 11) is 0. The number of rotatable bonds is 5. The molecule has 2 unspecified atom stereocenters. The zero-order chi connectivity index (χ0) is 15.6. The van der Waals surface area contributed by atoms with E-state index in [9.17, 15) is 9.59 Å². The van der Waals surface area contributed by atoms with Gasteiger partial charge in [-0.15, -0.1) is 11.3 Å². The number of thiophene rings is 1. The Morgan fingerprint density at radius 3 is 2.81 bits per heavy atom. The third-order valence-electron chi connectivity index (χ3n) is 4.16. The first-order valence-electron chi connectivity index (χ1n) is 7.51. The predicted octanol–water partition coefficient (Wildman–Crippen LogP) is 2.96. The Bertz CT molecular complexity index is 536. The van der Waals surface area contributed by atoms with Crippen LogP contribution in [0.25, 0.3) is 0 Å². The number of carboxylic acid groups (broad SMARTS) is 1. The number of hydrogen-bond acceptors (Lipinski definition) is 3. The smallest absolute Gasteiger partial charge is 0.308 e. The first-order chi connectivity index (χ1) is 9.88. The number of fused-ring (bicyclic) bond motifs is 1. The molecule has 1 aromatic heterocycles. The lowest BCUT2D eigenvalue weighted by Crippen LogP contribution is -2.35. The van der Waals surface area contributed by atoms with Crippen molar-refractivity contribution in [3.63, 3.8) is 0 Å². The van der Waals surface area contributed by atoms with E-state index in [4.69, 9.17) is 5.11 Å². The number of nitrogens with one attached hydrogen (secondary N) is 1. The van der Waals surface area contributed by atoms with Crippen molar-refractivity contribution < 1.29 is 14.7 Å². The number of carbonyl (C=O) groups is 2. The third kappa shape index (κ3) is 3.84. The Morgan fingerprint density at radius 2 is 2.19 bits per heavy atom. The number of aliphatic carboxylic acids is 1. The SMILES string of the molecule is CC1CCc2sc(C(=O)NCC(C(=O)O)C(C)C)cc2C1. The van der Waals surface area contributed by atoms with Crippen LogP contribution in [0.5, 0.6) is 0 Å². The molecule has 0 aliphatic heterocycles. The lowest BCUT2D eigenvalue weighted by atomic mass is 9.90. The molecule has 1 amide bonds. The molecule has 2 N–H and O–H groups in total. The molecule has 4 nitrogen and oxygen atoms in total. The van der Waals surface area contributed by atoms with Crippen LogP contribution in [0.1, 0.15) is 47.3 Å². The molecule has 1 aliphatic rings. The Hall–Kier alpha value is -1.36. The van der Waals surface area contributed by atoms with Crippen molar-refractivity contribution in [1.29, 1.82) is 0 Å². The fourth-order valence-electron chi connectivity index (χ4n) is 2.72. The highest BCUT2D eigenvalue weighted by atomic mass is 32.1. The molecule has 116 valence electrons. The van der Waals surface area contributed by atoms with Crippen LogP contribution in [0.15, 0.2) is 6.07 Å². The fourth-order valence-corrected chi connectivity index (χ4v) is 3.84. The molecular formula is C16H23NO3S. The average molecular weight is 309 g/mol. The second-order valence-corrected chi connectivity index (χ2v) is 7.44. The van der Waals surface area contributed by atoms with Crippen LogP contribution in [0.3, 0.4) is 0 Å². The van der Waals surface area contributed by atoms with Gasteiger partial charge in [-0.1, -0.05) is 20.8 Å². The summed E-state index contributed by atoms with van der Waals surface area (Å²) in [5.74, 6) is -0.859. The van der Waals surface area contributed by atoms with Crippen molar-refractivity contribution in [2.75, 3.05) is 6.54 Å². The van der Waals surface area contributed by atoms with E-state index in [0.717, 1.165) is 12.8 Å². The van der Waals surface area contributed by atoms with Gasteiger partial charge in [0.25, 0.3) is 5.91 Å². The van der Waals surface area contributed by atoms with Crippen LogP contribution in [0, 0.1) is 17.8 Å². The van der Waals surface area contributed by atoms with E-state index in [0.29, 0.717) is 10.8 Å². The molecule has 21 heavy (non-hydrogen) atoms. The van der Waals surface area contributed by atoms with E-state index in [1.807, 2.05) is 19.9 Å². The van der Waals surface area contributed by atoms with Crippen molar-refractivity contribution in [3.8, 4) is 0 Å². The average Bonchev–Trinajstić information content (AvgIpc) is 2.80. The highest BCUT2D eigenvalue weighted by Crippen LogP contribution is 2.32. The summed E-state index contributed by atoms with van der Waals surface area (Å²) in [6.07, 6.45) is 3.28. The molecule has 0 aromatic carbocycles. The molecule has 2 atom stereocenters. The molecule has 1 aromatic rings. The van der Waals surface area contributed by atoms with Gasteiger partial charge in [0.15, 0.2) is 0 Å². The van der Waals surface area contributed by atoms with Crippen LogP contribution in [0.2, 0.25) is 0 Å². The minimum Gasteiger partial charge on any atom is -0.481 e. The number of hydrogen-bond donors (Lipinski definition) is 2. The topological polar surface area (TPSA) is 66.4 Å². The van der Waals surface area contributed by atoms with Crippen LogP contribution in [-0.4, -0.2) is 23.5 Å². The van der Waals surface area contributed by atoms with Gasteiger partial charge in [0.2, 0.25) is 0 Å². The highest BCUT2D eigenvalue weighted by Gasteiger charge is 2.24. The maximum atomic E-state index is 12.2. The van der Waals surface area contributed by atoms with Gasteiger partial charge in [-0.25, -0.2) is 0 Å². The van der Waals surface area contributed by atoms with Crippen molar-refractivity contribution in [3.05, 3.63) is 21.4 Å². The molecule has 1 heterocycles. The van der Waals surface area contributed by atoms with Crippen LogP contribution >= 0.6 is 11.3 Å². The number of amides is 1. The summed E-state index contributed by atoms with van der Waals surface area (Å²) >= 11 is 1.55. The van der Waals surface area contributed by atoms with Crippen molar-refractivity contribution in [1.82, 2.24) is 5.32 Å². The predicted molar refractivity (Wildman–Crippen MR) is 83.8 cm³/mol. The number of aryl methyl sites for hydroxylation is 1. The zero-order valence-corrected chi connectivity index (χ0v) is 13.6. The summed E-state index contributed by atoms with van der Waals surface area (Å²) in [6, 6.07) is 1.98. The Kier molecular flexibility index (Phi) is 5.04. The summed E-state index contributed by atoms with van der Waals surface area (Å²) in [4.78, 5) is 25.4. The van der Waals surface area contributed by atoms with Crippen molar-refractivity contribution in [2.24, 2.45) is 17.8 Å². The van der Waals surface area contributed by atoms with Crippen molar-refractivity contribution >= 4 is 23.2 Å². The first-order valence-corrected chi connectivity index (χ1v) is 8.32. The van der Waals surface area contributed by atoms with E-state index in [-0.39, 0.29) is 18.4 Å². The quantitative estimate of drug-likeness (QED) is 0.879. The van der Waals surface area contributed by atoms with E-state index in [1.165, 1.54) is 16.9 Å². The van der Waals surface area contributed by atoms with Gasteiger partial charge in [-0.3, -0.25) is 9.59 Å². The molecule has 0 spiro atoms. The molecule has 0 bridgehead atoms. The van der Waals surface area contributed by atoms with Crippen LogP contribution < -0.4 is 5.32 Å². The second-order valence-electron chi connectivity index (χ2n) is 6.31. The van der Waals surface area contributed by atoms with Gasteiger partial charge < -0.3 is 10.4 Å². The monoisotopic (exact) mass is 309 g/mol. The van der Waals surface area contributed by atoms with E-state index in [1.54, 1.807) is 11.3 Å². The first kappa shape index (κ1) is 16.0. The van der Waals surface area contributed by atoms with Gasteiger partial charge >= 0.3 is 5.97 Å². The summed E-state index contributed by atoms with van der Waals surface area (Å²) < 4.78 is 0. The molecular weight excluding hydrogens is 286 g/mol. The third-order valence-corrected chi connectivity index (χ3v) is 5.39. The molecule has 2 rings (SSSR count). The summed E-state index contributed by atoms with van der Waals surface area (Å²) in [5, 5.41) is 11.9. The standard InChI is InChI=1S/C16H23NO3S/c1-9(2)12(16(19)20)8-17-15(18)14-7-11-6-10(3)4-5-13(11)21-14/h7,9-10,12H,4-6,8H2,1-3H3,(H,17,18)(H,19,20). The lowest BCUT2D eigenvalue weighted by Gasteiger charge is -2.16. The summed E-state index contributed by atoms with van der Waals surface area (Å²) in [6.45, 7) is 6.14. The Morgan fingerprint density at radius 1 is 1.48 bits per heavy atom. The maximum absolute atomic E-state index is 12.2. The van der Waals surface area contributed by atoms with Crippen molar-refractivity contribution in [2.45, 2.75) is 40.0 Å².